The second kappa shape index (κ2) is 14.3. The van der Waals surface area contributed by atoms with E-state index in [0.29, 0.717) is 13.2 Å². The molecule has 0 bridgehead atoms. The fourth-order valence-corrected chi connectivity index (χ4v) is 1.93. The lowest BCUT2D eigenvalue weighted by molar-refractivity contribution is 0.195. The maximum absolute atomic E-state index is 13.6. The van der Waals surface area contributed by atoms with E-state index in [2.05, 4.69) is 15.6 Å². The van der Waals surface area contributed by atoms with Crippen LogP contribution in [0.5, 0.6) is 5.75 Å². The van der Waals surface area contributed by atoms with Gasteiger partial charge in [0.15, 0.2) is 17.5 Å². The van der Waals surface area contributed by atoms with E-state index in [0.717, 1.165) is 31.9 Å². The van der Waals surface area contributed by atoms with Gasteiger partial charge in [0.05, 0.1) is 6.54 Å². The van der Waals surface area contributed by atoms with Gasteiger partial charge in [-0.05, 0) is 31.9 Å². The Morgan fingerprint density at radius 2 is 2.00 bits per heavy atom. The van der Waals surface area contributed by atoms with E-state index in [-0.39, 0.29) is 41.6 Å². The van der Waals surface area contributed by atoms with Crippen LogP contribution in [0.2, 0.25) is 0 Å². The zero-order valence-electron chi connectivity index (χ0n) is 14.7. The van der Waals surface area contributed by atoms with E-state index in [9.17, 15) is 4.39 Å². The third kappa shape index (κ3) is 9.27. The third-order valence-corrected chi connectivity index (χ3v) is 3.20. The third-order valence-electron chi connectivity index (χ3n) is 3.20. The molecule has 1 aromatic carbocycles. The topological polar surface area (TPSA) is 54.9 Å². The molecule has 0 aliphatic carbocycles. The maximum atomic E-state index is 13.6. The largest absolute Gasteiger partial charge is 0.485 e. The summed E-state index contributed by atoms with van der Waals surface area (Å²) in [5.41, 5.74) is 0. The lowest BCUT2D eigenvalue weighted by Crippen LogP contribution is -2.39. The molecule has 1 atom stereocenters. The fourth-order valence-electron chi connectivity index (χ4n) is 1.93. The number of guanidine groups is 1. The lowest BCUT2D eigenvalue weighted by atomic mass is 10.2. The van der Waals surface area contributed by atoms with Crippen molar-refractivity contribution in [1.82, 2.24) is 10.6 Å². The molecule has 24 heavy (non-hydrogen) atoms. The molecule has 0 spiro atoms. The van der Waals surface area contributed by atoms with Gasteiger partial charge in [-0.25, -0.2) is 9.38 Å². The summed E-state index contributed by atoms with van der Waals surface area (Å²) in [5.74, 6) is 0.659. The van der Waals surface area contributed by atoms with Gasteiger partial charge in [0.25, 0.3) is 0 Å². The standard InChI is InChI=1S/C17H28FN3O2.HI/c1-4-14(23-16-10-7-6-9-15(16)18)13-21-17(19-5-2)20-11-8-12-22-3;/h6-7,9-10,14H,4-5,8,11-13H2,1-3H3,(H2,19,20,21);1H. The molecule has 0 fully saturated rings. The molecule has 138 valence electrons. The molecule has 1 aromatic rings. The average Bonchev–Trinajstić information content (AvgIpc) is 2.56. The number of aliphatic imine (C=N–C) groups is 1. The number of para-hydroxylation sites is 1. The molecule has 2 N–H and O–H groups in total. The summed E-state index contributed by atoms with van der Waals surface area (Å²) in [6.45, 7) is 6.75. The molecular weight excluding hydrogens is 424 g/mol. The van der Waals surface area contributed by atoms with Crippen molar-refractivity contribution in [2.75, 3.05) is 33.4 Å². The van der Waals surface area contributed by atoms with Gasteiger partial charge in [0.1, 0.15) is 6.10 Å². The van der Waals surface area contributed by atoms with Gasteiger partial charge in [-0.15, -0.1) is 24.0 Å². The Hall–Kier alpha value is -1.09. The Bertz CT molecular complexity index is 475. The van der Waals surface area contributed by atoms with Crippen LogP contribution in [-0.2, 0) is 4.74 Å². The van der Waals surface area contributed by atoms with Crippen LogP contribution in [0.3, 0.4) is 0 Å². The van der Waals surface area contributed by atoms with E-state index in [1.807, 2.05) is 13.8 Å². The second-order valence-electron chi connectivity index (χ2n) is 5.07. The predicted molar refractivity (Wildman–Crippen MR) is 107 cm³/mol. The summed E-state index contributed by atoms with van der Waals surface area (Å²) in [7, 11) is 1.69. The quantitative estimate of drug-likeness (QED) is 0.247. The Morgan fingerprint density at radius 1 is 1.25 bits per heavy atom. The molecule has 0 aliphatic heterocycles. The highest BCUT2D eigenvalue weighted by atomic mass is 127. The summed E-state index contributed by atoms with van der Waals surface area (Å²) < 4.78 is 24.4. The van der Waals surface area contributed by atoms with Gasteiger partial charge in [0, 0.05) is 26.8 Å². The van der Waals surface area contributed by atoms with Crippen LogP contribution in [0.15, 0.2) is 29.3 Å². The number of methoxy groups -OCH3 is 1. The summed E-state index contributed by atoms with van der Waals surface area (Å²) >= 11 is 0. The van der Waals surface area contributed by atoms with E-state index in [4.69, 9.17) is 9.47 Å². The number of halogens is 2. The first-order chi connectivity index (χ1) is 11.2. The lowest BCUT2D eigenvalue weighted by Gasteiger charge is -2.17. The minimum absolute atomic E-state index is 0. The highest BCUT2D eigenvalue weighted by Gasteiger charge is 2.11. The smallest absolute Gasteiger partial charge is 0.191 e. The minimum Gasteiger partial charge on any atom is -0.485 e. The van der Waals surface area contributed by atoms with Gasteiger partial charge < -0.3 is 20.1 Å². The van der Waals surface area contributed by atoms with E-state index in [1.165, 1.54) is 6.07 Å². The van der Waals surface area contributed by atoms with Crippen LogP contribution in [0.4, 0.5) is 4.39 Å². The molecule has 5 nitrogen and oxygen atoms in total. The summed E-state index contributed by atoms with van der Waals surface area (Å²) in [6.07, 6.45) is 1.49. The van der Waals surface area contributed by atoms with Crippen molar-refractivity contribution < 1.29 is 13.9 Å². The first-order valence-electron chi connectivity index (χ1n) is 8.13. The van der Waals surface area contributed by atoms with Crippen molar-refractivity contribution in [3.63, 3.8) is 0 Å². The zero-order valence-corrected chi connectivity index (χ0v) is 17.0. The molecule has 1 unspecified atom stereocenters. The highest BCUT2D eigenvalue weighted by molar-refractivity contribution is 14.0. The van der Waals surface area contributed by atoms with E-state index in [1.54, 1.807) is 25.3 Å². The zero-order chi connectivity index (χ0) is 16.9. The Kier molecular flexibility index (Phi) is 13.6. The fraction of sp³-hybridized carbons (Fsp3) is 0.588. The number of hydrogen-bond acceptors (Lipinski definition) is 3. The number of nitrogens with one attached hydrogen (secondary N) is 2. The monoisotopic (exact) mass is 453 g/mol. The number of hydrogen-bond donors (Lipinski definition) is 2. The van der Waals surface area contributed by atoms with Gasteiger partial charge in [-0.1, -0.05) is 19.1 Å². The van der Waals surface area contributed by atoms with E-state index >= 15 is 0 Å². The molecule has 0 radical (unpaired) electrons. The highest BCUT2D eigenvalue weighted by Crippen LogP contribution is 2.18. The Morgan fingerprint density at radius 3 is 2.62 bits per heavy atom. The summed E-state index contributed by atoms with van der Waals surface area (Å²) in [4.78, 5) is 4.51. The number of rotatable bonds is 10. The van der Waals surface area contributed by atoms with Crippen LogP contribution >= 0.6 is 24.0 Å². The van der Waals surface area contributed by atoms with Crippen molar-refractivity contribution in [3.05, 3.63) is 30.1 Å². The number of nitrogens with zero attached hydrogens (tertiary/aromatic N) is 1. The molecule has 0 saturated heterocycles. The molecule has 0 heterocycles. The minimum atomic E-state index is -0.348. The Balaban J connectivity index is 0.00000529. The molecule has 0 amide bonds. The van der Waals surface area contributed by atoms with Crippen LogP contribution < -0.4 is 15.4 Å². The van der Waals surface area contributed by atoms with Gasteiger partial charge in [-0.3, -0.25) is 0 Å². The normalized spacial score (nSPS) is 12.2. The maximum Gasteiger partial charge on any atom is 0.191 e. The summed E-state index contributed by atoms with van der Waals surface area (Å²) in [6, 6.07) is 6.44. The Labute approximate surface area is 161 Å². The van der Waals surface area contributed by atoms with Gasteiger partial charge >= 0.3 is 0 Å². The summed E-state index contributed by atoms with van der Waals surface area (Å²) in [5, 5.41) is 6.42. The average molecular weight is 453 g/mol. The van der Waals surface area contributed by atoms with Crippen molar-refractivity contribution in [2.45, 2.75) is 32.8 Å². The first-order valence-corrected chi connectivity index (χ1v) is 8.13. The van der Waals surface area contributed by atoms with Crippen molar-refractivity contribution in [1.29, 1.82) is 0 Å². The molecule has 1 rings (SSSR count). The van der Waals surface area contributed by atoms with Crippen molar-refractivity contribution >= 4 is 29.9 Å². The molecule has 0 aromatic heterocycles. The number of ether oxygens (including phenoxy) is 2. The molecule has 0 aliphatic rings. The second-order valence-corrected chi connectivity index (χ2v) is 5.07. The van der Waals surface area contributed by atoms with Crippen LogP contribution in [0.25, 0.3) is 0 Å². The van der Waals surface area contributed by atoms with Gasteiger partial charge in [0.2, 0.25) is 0 Å². The van der Waals surface area contributed by atoms with Crippen LogP contribution in [-0.4, -0.2) is 45.4 Å². The first kappa shape index (κ1) is 22.9. The SMILES string of the molecule is CCNC(=NCC(CC)Oc1ccccc1F)NCCCOC.I. The number of benzene rings is 1. The predicted octanol–water partition coefficient (Wildman–Crippen LogP) is 3.19. The van der Waals surface area contributed by atoms with E-state index < -0.39 is 0 Å². The van der Waals surface area contributed by atoms with Crippen molar-refractivity contribution in [2.24, 2.45) is 4.99 Å². The molecular formula is C17H29FIN3O2. The van der Waals surface area contributed by atoms with Crippen LogP contribution in [0, 0.1) is 5.82 Å². The molecule has 7 heteroatoms. The molecule has 0 saturated carbocycles. The van der Waals surface area contributed by atoms with Crippen LogP contribution in [0.1, 0.15) is 26.7 Å². The van der Waals surface area contributed by atoms with Crippen molar-refractivity contribution in [3.8, 4) is 5.75 Å². The van der Waals surface area contributed by atoms with Gasteiger partial charge in [-0.2, -0.15) is 0 Å².